The van der Waals surface area contributed by atoms with Crippen molar-refractivity contribution < 1.29 is 20.1 Å². The van der Waals surface area contributed by atoms with Crippen LogP contribution in [-0.4, -0.2) is 18.0 Å². The van der Waals surface area contributed by atoms with Gasteiger partial charge in [0.05, 0.1) is 8.07 Å². The Kier molecular flexibility index (Phi) is 11.4. The molecule has 7 rings (SSSR count). The first-order valence-electron chi connectivity index (χ1n) is 16.5. The third-order valence-electron chi connectivity index (χ3n) is 9.32. The number of benzene rings is 3. The smallest absolute Gasteiger partial charge is 0.0799 e. The van der Waals surface area contributed by atoms with Gasteiger partial charge in [-0.25, -0.2) is 0 Å². The van der Waals surface area contributed by atoms with Gasteiger partial charge in [0.15, 0.2) is 0 Å². The molecule has 0 N–H and O–H groups in total. The second kappa shape index (κ2) is 15.4. The molecule has 2 aliphatic rings. The molecule has 2 fully saturated rings. The van der Waals surface area contributed by atoms with Gasteiger partial charge in [-0.15, -0.1) is 71.8 Å². The molecule has 2 nitrogen and oxygen atoms in total. The summed E-state index contributed by atoms with van der Waals surface area (Å²) >= 11 is 0. The SMILES string of the molecule is C[Si](C)(C)c1cnc(-c2[c-]cccc2)cc1C1CCCC1.[Ir].[c-]1ccccc1-c1cc(C2CCCC2)c(-c2ccccc2)cn1. The van der Waals surface area contributed by atoms with Gasteiger partial charge in [0.25, 0.3) is 0 Å². The van der Waals surface area contributed by atoms with Crippen LogP contribution in [0.3, 0.4) is 0 Å². The molecule has 1 radical (unpaired) electrons. The molecule has 0 unspecified atom stereocenters. The molecular formula is C41H44IrN2Si-2. The normalized spacial score (nSPS) is 15.3. The molecule has 2 saturated carbocycles. The van der Waals surface area contributed by atoms with E-state index < -0.39 is 8.07 Å². The van der Waals surface area contributed by atoms with Crippen molar-refractivity contribution in [3.05, 3.63) is 127 Å². The summed E-state index contributed by atoms with van der Waals surface area (Å²) in [5.41, 5.74) is 9.89. The Morgan fingerprint density at radius 2 is 1.09 bits per heavy atom. The van der Waals surface area contributed by atoms with Crippen molar-refractivity contribution in [2.75, 3.05) is 0 Å². The van der Waals surface area contributed by atoms with Crippen LogP contribution in [0.5, 0.6) is 0 Å². The predicted octanol–water partition coefficient (Wildman–Crippen LogP) is 10.6. The molecular weight excluding hydrogens is 741 g/mol. The molecule has 0 saturated heterocycles. The molecule has 4 heteroatoms. The number of pyridine rings is 2. The van der Waals surface area contributed by atoms with Crippen LogP contribution < -0.4 is 5.19 Å². The summed E-state index contributed by atoms with van der Waals surface area (Å²) in [5.74, 6) is 1.41. The van der Waals surface area contributed by atoms with Gasteiger partial charge in [-0.2, -0.15) is 0 Å². The van der Waals surface area contributed by atoms with E-state index in [2.05, 4.69) is 105 Å². The summed E-state index contributed by atoms with van der Waals surface area (Å²) in [4.78, 5) is 9.48. The van der Waals surface area contributed by atoms with Crippen molar-refractivity contribution in [3.8, 4) is 33.6 Å². The van der Waals surface area contributed by atoms with Crippen LogP contribution in [0.4, 0.5) is 0 Å². The van der Waals surface area contributed by atoms with Gasteiger partial charge < -0.3 is 9.97 Å². The van der Waals surface area contributed by atoms with Crippen LogP contribution in [0.25, 0.3) is 33.6 Å². The largest absolute Gasteiger partial charge is 0.305 e. The summed E-state index contributed by atoms with van der Waals surface area (Å²) in [6, 6.07) is 38.2. The third-order valence-corrected chi connectivity index (χ3v) is 11.4. The molecule has 2 aromatic heterocycles. The number of rotatable bonds is 6. The fourth-order valence-electron chi connectivity index (χ4n) is 6.98. The van der Waals surface area contributed by atoms with Crippen LogP contribution in [-0.2, 0) is 20.1 Å². The molecule has 2 aliphatic carbocycles. The minimum absolute atomic E-state index is 0. The minimum atomic E-state index is -1.34. The van der Waals surface area contributed by atoms with Crippen molar-refractivity contribution in [1.29, 1.82) is 0 Å². The van der Waals surface area contributed by atoms with Crippen molar-refractivity contribution in [3.63, 3.8) is 0 Å². The van der Waals surface area contributed by atoms with E-state index in [0.717, 1.165) is 28.4 Å². The van der Waals surface area contributed by atoms with Crippen LogP contribution in [0.1, 0.15) is 74.3 Å². The van der Waals surface area contributed by atoms with E-state index in [1.165, 1.54) is 68.1 Å². The Labute approximate surface area is 285 Å². The standard InChI is InChI=1S/C22H20N.C19H24NSi.Ir/c1-3-9-18(10-4-1)21-16-23-22(19-13-5-2-6-14-19)15-20(21)17-11-7-8-12-17;1-21(2,3)19-14-20-18(16-11-5-4-6-12-16)13-17(19)15-9-7-8-10-15;/h1-6,9-10,13,15-17H,7-8,11-12H2;4-6,11,13-15H,7-10H2,1-3H3;/q2*-1;. The third kappa shape index (κ3) is 8.16. The zero-order valence-corrected chi connectivity index (χ0v) is 30.2. The number of nitrogens with zero attached hydrogens (tertiary/aromatic N) is 2. The first-order valence-corrected chi connectivity index (χ1v) is 20.0. The Balaban J connectivity index is 0.000000175. The fraction of sp³-hybridized carbons (Fsp3) is 0.317. The van der Waals surface area contributed by atoms with Gasteiger partial charge in [-0.05, 0) is 65.2 Å². The van der Waals surface area contributed by atoms with Gasteiger partial charge in [0.1, 0.15) is 0 Å². The zero-order chi connectivity index (χ0) is 30.4. The van der Waals surface area contributed by atoms with Crippen molar-refractivity contribution in [2.24, 2.45) is 0 Å². The van der Waals surface area contributed by atoms with Crippen molar-refractivity contribution in [1.82, 2.24) is 9.97 Å². The topological polar surface area (TPSA) is 25.8 Å². The first kappa shape index (κ1) is 33.2. The van der Waals surface area contributed by atoms with Gasteiger partial charge in [-0.3, -0.25) is 0 Å². The molecule has 3 aromatic carbocycles. The number of hydrogen-bond acceptors (Lipinski definition) is 2. The van der Waals surface area contributed by atoms with E-state index in [-0.39, 0.29) is 20.1 Å². The molecule has 45 heavy (non-hydrogen) atoms. The van der Waals surface area contributed by atoms with Gasteiger partial charge in [-0.1, -0.05) is 93.4 Å². The van der Waals surface area contributed by atoms with Gasteiger partial charge in [0.2, 0.25) is 0 Å². The van der Waals surface area contributed by atoms with Crippen LogP contribution in [0.2, 0.25) is 19.6 Å². The van der Waals surface area contributed by atoms with Crippen LogP contribution >= 0.6 is 0 Å². The van der Waals surface area contributed by atoms with Crippen LogP contribution in [0.15, 0.2) is 103 Å². The van der Waals surface area contributed by atoms with E-state index in [9.17, 15) is 0 Å². The molecule has 0 amide bonds. The Morgan fingerprint density at radius 3 is 1.60 bits per heavy atom. The fourth-order valence-corrected chi connectivity index (χ4v) is 8.57. The maximum absolute atomic E-state index is 4.75. The van der Waals surface area contributed by atoms with E-state index in [1.54, 1.807) is 10.8 Å². The number of aromatic nitrogens is 2. The second-order valence-electron chi connectivity index (χ2n) is 13.4. The molecule has 2 heterocycles. The molecule has 233 valence electrons. The quantitative estimate of drug-likeness (QED) is 0.127. The molecule has 0 aliphatic heterocycles. The van der Waals surface area contributed by atoms with E-state index in [4.69, 9.17) is 9.97 Å². The Bertz CT molecular complexity index is 1640. The summed E-state index contributed by atoms with van der Waals surface area (Å²) in [6.45, 7) is 7.28. The first-order chi connectivity index (χ1) is 21.5. The maximum atomic E-state index is 4.75. The van der Waals surface area contributed by atoms with Gasteiger partial charge >= 0.3 is 0 Å². The average Bonchev–Trinajstić information content (AvgIpc) is 3.81. The predicted molar refractivity (Wildman–Crippen MR) is 188 cm³/mol. The van der Waals surface area contributed by atoms with E-state index in [1.807, 2.05) is 30.3 Å². The average molecular weight is 785 g/mol. The summed E-state index contributed by atoms with van der Waals surface area (Å²) < 4.78 is 0. The molecule has 5 aromatic rings. The molecule has 0 spiro atoms. The number of hydrogen-bond donors (Lipinski definition) is 0. The van der Waals surface area contributed by atoms with Crippen molar-refractivity contribution in [2.45, 2.75) is 82.8 Å². The van der Waals surface area contributed by atoms with E-state index in [0.29, 0.717) is 5.92 Å². The second-order valence-corrected chi connectivity index (χ2v) is 18.5. The Hall–Kier alpha value is -3.17. The zero-order valence-electron chi connectivity index (χ0n) is 26.9. The summed E-state index contributed by atoms with van der Waals surface area (Å²) in [5, 5.41) is 1.55. The Morgan fingerprint density at radius 1 is 0.600 bits per heavy atom. The molecule has 0 bridgehead atoms. The van der Waals surface area contributed by atoms with Crippen LogP contribution in [0, 0.1) is 12.1 Å². The maximum Gasteiger partial charge on any atom is 0.0799 e. The monoisotopic (exact) mass is 785 g/mol. The minimum Gasteiger partial charge on any atom is -0.305 e. The van der Waals surface area contributed by atoms with E-state index >= 15 is 0 Å². The van der Waals surface area contributed by atoms with Gasteiger partial charge in [0, 0.05) is 38.1 Å². The summed E-state index contributed by atoms with van der Waals surface area (Å²) in [6.07, 6.45) is 14.9. The molecule has 0 atom stereocenters. The summed E-state index contributed by atoms with van der Waals surface area (Å²) in [7, 11) is -1.34. The van der Waals surface area contributed by atoms with Crippen molar-refractivity contribution >= 4 is 13.3 Å².